The number of nitrogens with one attached hydrogen (secondary N) is 1. The third-order valence-corrected chi connectivity index (χ3v) is 5.62. The lowest BCUT2D eigenvalue weighted by Gasteiger charge is -2.33. The number of halogens is 1. The van der Waals surface area contributed by atoms with E-state index in [2.05, 4.69) is 24.7 Å². The molecule has 1 fully saturated rings. The average molecular weight is 272 g/mol. The smallest absolute Gasteiger partial charge is 0.0561 e. The first-order chi connectivity index (χ1) is 8.26. The molecule has 1 aliphatic carbocycles. The van der Waals surface area contributed by atoms with Crippen LogP contribution in [0.3, 0.4) is 0 Å². The van der Waals surface area contributed by atoms with Crippen LogP contribution in [0.5, 0.6) is 0 Å². The molecule has 3 heteroatoms. The van der Waals surface area contributed by atoms with Crippen molar-refractivity contribution in [2.45, 2.75) is 45.1 Å². The summed E-state index contributed by atoms with van der Waals surface area (Å²) in [5, 5.41) is 6.51. The van der Waals surface area contributed by atoms with Crippen LogP contribution >= 0.6 is 22.9 Å². The van der Waals surface area contributed by atoms with Crippen LogP contribution < -0.4 is 5.32 Å². The molecule has 0 radical (unpaired) electrons. The fourth-order valence-electron chi connectivity index (χ4n) is 3.04. The lowest BCUT2D eigenvalue weighted by atomic mass is 9.77. The lowest BCUT2D eigenvalue weighted by molar-refractivity contribution is 0.226. The molecule has 0 spiro atoms. The van der Waals surface area contributed by atoms with E-state index in [4.69, 9.17) is 11.6 Å². The van der Waals surface area contributed by atoms with Crippen LogP contribution in [0.25, 0.3) is 0 Å². The molecule has 17 heavy (non-hydrogen) atoms. The fourth-order valence-corrected chi connectivity index (χ4v) is 4.42. The van der Waals surface area contributed by atoms with Crippen molar-refractivity contribution in [3.8, 4) is 0 Å². The van der Waals surface area contributed by atoms with Crippen LogP contribution in [0.15, 0.2) is 11.4 Å². The molecule has 0 bridgehead atoms. The molecule has 1 saturated carbocycles. The Morgan fingerprint density at radius 1 is 1.41 bits per heavy atom. The Morgan fingerprint density at radius 3 is 2.59 bits per heavy atom. The molecule has 0 aromatic carbocycles. The topological polar surface area (TPSA) is 12.0 Å². The van der Waals surface area contributed by atoms with Gasteiger partial charge in [-0.05, 0) is 43.2 Å². The van der Waals surface area contributed by atoms with Gasteiger partial charge in [-0.15, -0.1) is 11.3 Å². The van der Waals surface area contributed by atoms with Gasteiger partial charge in [-0.1, -0.05) is 37.8 Å². The minimum absolute atomic E-state index is 0.459. The Kier molecular flexibility index (Phi) is 4.89. The summed E-state index contributed by atoms with van der Waals surface area (Å²) in [5.74, 6) is 1.72. The lowest BCUT2D eigenvalue weighted by Crippen LogP contribution is -2.28. The number of hydrogen-bond donors (Lipinski definition) is 1. The van der Waals surface area contributed by atoms with E-state index in [0.717, 1.165) is 16.9 Å². The van der Waals surface area contributed by atoms with E-state index in [0.29, 0.717) is 6.04 Å². The van der Waals surface area contributed by atoms with Gasteiger partial charge in [0.25, 0.3) is 0 Å². The van der Waals surface area contributed by atoms with Gasteiger partial charge in [0.2, 0.25) is 0 Å². The Morgan fingerprint density at radius 2 is 2.12 bits per heavy atom. The van der Waals surface area contributed by atoms with Crippen molar-refractivity contribution in [3.63, 3.8) is 0 Å². The molecule has 1 aromatic rings. The van der Waals surface area contributed by atoms with Gasteiger partial charge < -0.3 is 5.32 Å². The van der Waals surface area contributed by atoms with Crippen molar-refractivity contribution >= 4 is 22.9 Å². The Bertz CT molecular complexity index is 342. The van der Waals surface area contributed by atoms with Gasteiger partial charge in [0.15, 0.2) is 0 Å². The van der Waals surface area contributed by atoms with Gasteiger partial charge >= 0.3 is 0 Å². The highest BCUT2D eigenvalue weighted by molar-refractivity contribution is 7.10. The molecular weight excluding hydrogens is 250 g/mol. The van der Waals surface area contributed by atoms with Crippen LogP contribution in [-0.2, 0) is 0 Å². The predicted octanol–water partition coefficient (Wildman–Crippen LogP) is 4.88. The summed E-state index contributed by atoms with van der Waals surface area (Å²) in [4.78, 5) is 1.33. The highest BCUT2D eigenvalue weighted by atomic mass is 35.5. The quantitative estimate of drug-likeness (QED) is 0.823. The van der Waals surface area contributed by atoms with Crippen LogP contribution in [0.4, 0.5) is 0 Å². The Hall–Kier alpha value is -0.0500. The first-order valence-electron chi connectivity index (χ1n) is 6.66. The zero-order valence-corrected chi connectivity index (χ0v) is 12.3. The second-order valence-electron chi connectivity index (χ2n) is 5.09. The molecule has 0 aliphatic heterocycles. The van der Waals surface area contributed by atoms with Gasteiger partial charge in [-0.25, -0.2) is 0 Å². The van der Waals surface area contributed by atoms with Crippen LogP contribution in [0.1, 0.15) is 49.9 Å². The largest absolute Gasteiger partial charge is 0.312 e. The Balaban J connectivity index is 2.03. The van der Waals surface area contributed by atoms with Crippen LogP contribution in [-0.4, -0.2) is 7.05 Å². The van der Waals surface area contributed by atoms with E-state index < -0.39 is 0 Å². The molecule has 1 atom stereocenters. The fraction of sp³-hybridized carbons (Fsp3) is 0.714. The zero-order chi connectivity index (χ0) is 12.3. The van der Waals surface area contributed by atoms with E-state index in [1.807, 2.05) is 6.07 Å². The molecular formula is C14H22ClNS. The monoisotopic (exact) mass is 271 g/mol. The maximum Gasteiger partial charge on any atom is 0.0561 e. The minimum Gasteiger partial charge on any atom is -0.312 e. The van der Waals surface area contributed by atoms with Crippen molar-refractivity contribution in [2.75, 3.05) is 7.05 Å². The molecule has 96 valence electrons. The van der Waals surface area contributed by atoms with Crippen molar-refractivity contribution in [3.05, 3.63) is 21.3 Å². The molecule has 1 aliphatic rings. The van der Waals surface area contributed by atoms with E-state index >= 15 is 0 Å². The van der Waals surface area contributed by atoms with Gasteiger partial charge in [0.1, 0.15) is 0 Å². The van der Waals surface area contributed by atoms with Gasteiger partial charge in [0, 0.05) is 10.9 Å². The van der Waals surface area contributed by atoms with E-state index in [-0.39, 0.29) is 0 Å². The molecule has 1 nitrogen and oxygen atoms in total. The van der Waals surface area contributed by atoms with Crippen molar-refractivity contribution in [2.24, 2.45) is 11.8 Å². The molecule has 1 heterocycles. The summed E-state index contributed by atoms with van der Waals surface area (Å²) >= 11 is 8.05. The molecule has 1 aromatic heterocycles. The summed E-state index contributed by atoms with van der Waals surface area (Å²) in [6, 6.07) is 2.48. The third kappa shape index (κ3) is 3.04. The maximum absolute atomic E-state index is 6.26. The van der Waals surface area contributed by atoms with Crippen molar-refractivity contribution < 1.29 is 0 Å². The summed E-state index contributed by atoms with van der Waals surface area (Å²) in [5.41, 5.74) is 0. The average Bonchev–Trinajstić information content (AvgIpc) is 2.78. The Labute approximate surface area is 114 Å². The predicted molar refractivity (Wildman–Crippen MR) is 76.9 cm³/mol. The summed E-state index contributed by atoms with van der Waals surface area (Å²) in [6.45, 7) is 2.32. The van der Waals surface area contributed by atoms with E-state index in [9.17, 15) is 0 Å². The van der Waals surface area contributed by atoms with Crippen molar-refractivity contribution in [1.82, 2.24) is 5.32 Å². The SMILES string of the molecule is CCC1CCC(C(NC)c2sccc2Cl)CC1. The second kappa shape index (κ2) is 6.21. The first kappa shape index (κ1) is 13.4. The number of rotatable bonds is 4. The normalized spacial score (nSPS) is 27.0. The summed E-state index contributed by atoms with van der Waals surface area (Å²) < 4.78 is 0. The molecule has 0 amide bonds. The van der Waals surface area contributed by atoms with Crippen molar-refractivity contribution in [1.29, 1.82) is 0 Å². The standard InChI is InChI=1S/C14H22ClNS/c1-3-10-4-6-11(7-5-10)13(16-2)14-12(15)8-9-17-14/h8-11,13,16H,3-7H2,1-2H3. The van der Waals surface area contributed by atoms with Crippen LogP contribution in [0.2, 0.25) is 5.02 Å². The van der Waals surface area contributed by atoms with Gasteiger partial charge in [0.05, 0.1) is 5.02 Å². The highest BCUT2D eigenvalue weighted by Gasteiger charge is 2.28. The van der Waals surface area contributed by atoms with Gasteiger partial charge in [-0.2, -0.15) is 0 Å². The molecule has 1 unspecified atom stereocenters. The third-order valence-electron chi connectivity index (χ3n) is 4.18. The zero-order valence-electron chi connectivity index (χ0n) is 10.7. The van der Waals surface area contributed by atoms with E-state index in [1.54, 1.807) is 11.3 Å². The van der Waals surface area contributed by atoms with Gasteiger partial charge in [-0.3, -0.25) is 0 Å². The van der Waals surface area contributed by atoms with E-state index in [1.165, 1.54) is 37.0 Å². The molecule has 2 rings (SSSR count). The summed E-state index contributed by atoms with van der Waals surface area (Å²) in [6.07, 6.45) is 6.82. The molecule has 0 saturated heterocycles. The molecule has 1 N–H and O–H groups in total. The second-order valence-corrected chi connectivity index (χ2v) is 6.44. The summed E-state index contributed by atoms with van der Waals surface area (Å²) in [7, 11) is 2.06. The number of thiophene rings is 1. The first-order valence-corrected chi connectivity index (χ1v) is 7.92. The van der Waals surface area contributed by atoms with Crippen LogP contribution in [0, 0.1) is 11.8 Å². The number of hydrogen-bond acceptors (Lipinski definition) is 2. The minimum atomic E-state index is 0.459. The highest BCUT2D eigenvalue weighted by Crippen LogP contribution is 2.41. The maximum atomic E-state index is 6.26.